The van der Waals surface area contributed by atoms with E-state index in [9.17, 15) is 14.4 Å². The Kier molecular flexibility index (Phi) is 5.39. The van der Waals surface area contributed by atoms with E-state index >= 15 is 0 Å². The fourth-order valence-corrected chi connectivity index (χ4v) is 4.76. The standard InChI is InChI=1S/C17H18N2O4S2/c1-10-8-25-16-13(15(21)19(16)14(10)17(22)23-2)18-12(20)9-24-11-6-4-3-5-7-11/h3-7,13,16H,8-9H2,1-2H3,(H,18,20)/t13?,16-/m1/s1. The quantitative estimate of drug-likeness (QED) is 0.477. The summed E-state index contributed by atoms with van der Waals surface area (Å²) in [4.78, 5) is 39.0. The van der Waals surface area contributed by atoms with E-state index in [1.165, 1.54) is 35.5 Å². The first-order valence-electron chi connectivity index (χ1n) is 7.73. The van der Waals surface area contributed by atoms with E-state index in [2.05, 4.69) is 5.32 Å². The molecular weight excluding hydrogens is 360 g/mol. The van der Waals surface area contributed by atoms with E-state index in [1.54, 1.807) is 0 Å². The predicted molar refractivity (Wildman–Crippen MR) is 96.9 cm³/mol. The molecule has 3 rings (SSSR count). The highest BCUT2D eigenvalue weighted by Crippen LogP contribution is 2.40. The van der Waals surface area contributed by atoms with Crippen LogP contribution in [-0.4, -0.2) is 52.7 Å². The number of carbonyl (C=O) groups is 3. The van der Waals surface area contributed by atoms with E-state index in [-0.39, 0.29) is 22.9 Å². The summed E-state index contributed by atoms with van der Waals surface area (Å²) in [6, 6.07) is 9.01. The zero-order valence-electron chi connectivity index (χ0n) is 13.9. The lowest BCUT2D eigenvalue weighted by molar-refractivity contribution is -0.151. The predicted octanol–water partition coefficient (Wildman–Crippen LogP) is 1.63. The molecule has 0 aromatic heterocycles. The van der Waals surface area contributed by atoms with Gasteiger partial charge in [-0.2, -0.15) is 0 Å². The monoisotopic (exact) mass is 378 g/mol. The molecule has 132 valence electrons. The van der Waals surface area contributed by atoms with Gasteiger partial charge in [0, 0.05) is 10.6 Å². The number of nitrogens with one attached hydrogen (secondary N) is 1. The Morgan fingerprint density at radius 1 is 1.36 bits per heavy atom. The number of esters is 1. The van der Waals surface area contributed by atoms with Gasteiger partial charge in [-0.3, -0.25) is 14.5 Å². The van der Waals surface area contributed by atoms with Crippen molar-refractivity contribution in [3.63, 3.8) is 0 Å². The molecule has 2 atom stereocenters. The number of fused-ring (bicyclic) bond motifs is 1. The SMILES string of the molecule is COC(=O)C1=C(C)CS[C@@H]2C(NC(=O)CSc3ccccc3)C(=O)N12. The van der Waals surface area contributed by atoms with Crippen LogP contribution in [0.4, 0.5) is 0 Å². The van der Waals surface area contributed by atoms with Gasteiger partial charge >= 0.3 is 5.97 Å². The third-order valence-electron chi connectivity index (χ3n) is 3.97. The highest BCUT2D eigenvalue weighted by molar-refractivity contribution is 8.00. The normalized spacial score (nSPS) is 22.2. The van der Waals surface area contributed by atoms with Crippen molar-refractivity contribution in [3.05, 3.63) is 41.6 Å². The molecule has 0 spiro atoms. The molecule has 1 N–H and O–H groups in total. The van der Waals surface area contributed by atoms with Gasteiger partial charge in [0.25, 0.3) is 5.91 Å². The van der Waals surface area contributed by atoms with Gasteiger partial charge in [0.1, 0.15) is 17.1 Å². The Labute approximate surface area is 154 Å². The first-order chi connectivity index (χ1) is 12.0. The molecule has 1 unspecified atom stereocenters. The minimum absolute atomic E-state index is 0.196. The first kappa shape index (κ1) is 17.9. The van der Waals surface area contributed by atoms with Gasteiger partial charge in [-0.1, -0.05) is 18.2 Å². The summed E-state index contributed by atoms with van der Waals surface area (Å²) in [5.74, 6) is -0.109. The highest BCUT2D eigenvalue weighted by Gasteiger charge is 2.53. The van der Waals surface area contributed by atoms with Crippen molar-refractivity contribution in [3.8, 4) is 0 Å². The topological polar surface area (TPSA) is 75.7 Å². The van der Waals surface area contributed by atoms with Crippen LogP contribution in [0.5, 0.6) is 0 Å². The Morgan fingerprint density at radius 2 is 2.08 bits per heavy atom. The summed E-state index contributed by atoms with van der Waals surface area (Å²) in [6.07, 6.45) is 0. The number of hydrogen-bond donors (Lipinski definition) is 1. The molecule has 2 aliphatic rings. The number of amides is 2. The van der Waals surface area contributed by atoms with Gasteiger partial charge in [-0.15, -0.1) is 23.5 Å². The number of thioether (sulfide) groups is 2. The molecule has 0 bridgehead atoms. The van der Waals surface area contributed by atoms with Crippen LogP contribution >= 0.6 is 23.5 Å². The maximum absolute atomic E-state index is 12.4. The number of ether oxygens (including phenoxy) is 1. The summed E-state index contributed by atoms with van der Waals surface area (Å²) in [6.45, 7) is 1.81. The number of nitrogens with zero attached hydrogens (tertiary/aromatic N) is 1. The van der Waals surface area contributed by atoms with Gasteiger partial charge in [0.2, 0.25) is 5.91 Å². The minimum Gasteiger partial charge on any atom is -0.464 e. The minimum atomic E-state index is -0.596. The fourth-order valence-electron chi connectivity index (χ4n) is 2.74. The summed E-state index contributed by atoms with van der Waals surface area (Å²) in [7, 11) is 1.30. The van der Waals surface area contributed by atoms with Crippen LogP contribution < -0.4 is 5.32 Å². The molecule has 6 nitrogen and oxygen atoms in total. The maximum atomic E-state index is 12.4. The largest absolute Gasteiger partial charge is 0.464 e. The number of rotatable bonds is 5. The van der Waals surface area contributed by atoms with Gasteiger partial charge in [-0.25, -0.2) is 4.79 Å². The molecule has 0 saturated carbocycles. The van der Waals surface area contributed by atoms with E-state index in [1.807, 2.05) is 37.3 Å². The van der Waals surface area contributed by atoms with Gasteiger partial charge in [-0.05, 0) is 24.6 Å². The smallest absolute Gasteiger partial charge is 0.354 e. The molecule has 0 radical (unpaired) electrons. The first-order valence-corrected chi connectivity index (χ1v) is 9.76. The lowest BCUT2D eigenvalue weighted by Gasteiger charge is -2.49. The summed E-state index contributed by atoms with van der Waals surface area (Å²) >= 11 is 2.96. The Balaban J connectivity index is 1.60. The van der Waals surface area contributed by atoms with Crippen LogP contribution in [-0.2, 0) is 19.1 Å². The molecule has 25 heavy (non-hydrogen) atoms. The molecule has 1 aromatic rings. The van der Waals surface area contributed by atoms with Crippen LogP contribution in [0.2, 0.25) is 0 Å². The zero-order valence-corrected chi connectivity index (χ0v) is 15.5. The van der Waals surface area contributed by atoms with Gasteiger partial charge < -0.3 is 10.1 Å². The summed E-state index contributed by atoms with van der Waals surface area (Å²) in [5.41, 5.74) is 1.12. The maximum Gasteiger partial charge on any atom is 0.354 e. The molecule has 1 fully saturated rings. The third-order valence-corrected chi connectivity index (χ3v) is 6.40. The molecule has 0 aliphatic carbocycles. The van der Waals surface area contributed by atoms with Crippen molar-refractivity contribution < 1.29 is 19.1 Å². The van der Waals surface area contributed by atoms with Crippen molar-refractivity contribution in [1.82, 2.24) is 10.2 Å². The van der Waals surface area contributed by atoms with E-state index < -0.39 is 12.0 Å². The Morgan fingerprint density at radius 3 is 2.76 bits per heavy atom. The number of hydrogen-bond acceptors (Lipinski definition) is 6. The lowest BCUT2D eigenvalue weighted by Crippen LogP contribution is -2.70. The van der Waals surface area contributed by atoms with Gasteiger partial charge in [0.05, 0.1) is 12.9 Å². The summed E-state index contributed by atoms with van der Waals surface area (Å²) in [5, 5.41) is 2.53. The van der Waals surface area contributed by atoms with Crippen LogP contribution in [0.1, 0.15) is 6.92 Å². The van der Waals surface area contributed by atoms with E-state index in [0.29, 0.717) is 11.4 Å². The van der Waals surface area contributed by atoms with Crippen molar-refractivity contribution >= 4 is 41.3 Å². The molecule has 1 aromatic carbocycles. The molecular formula is C17H18N2O4S2. The Hall–Kier alpha value is -1.93. The van der Waals surface area contributed by atoms with Crippen LogP contribution in [0.25, 0.3) is 0 Å². The number of β-lactam (4-membered cyclic amide) rings is 1. The lowest BCUT2D eigenvalue weighted by atomic mass is 10.0. The number of carbonyl (C=O) groups excluding carboxylic acids is 3. The molecule has 2 aliphatic heterocycles. The molecule has 2 amide bonds. The van der Waals surface area contributed by atoms with Crippen molar-refractivity contribution in [2.75, 3.05) is 18.6 Å². The van der Waals surface area contributed by atoms with Crippen molar-refractivity contribution in [2.45, 2.75) is 23.2 Å². The highest BCUT2D eigenvalue weighted by atomic mass is 32.2. The molecule has 1 saturated heterocycles. The van der Waals surface area contributed by atoms with E-state index in [4.69, 9.17) is 4.74 Å². The van der Waals surface area contributed by atoms with Crippen LogP contribution in [0, 0.1) is 0 Å². The summed E-state index contributed by atoms with van der Waals surface area (Å²) < 4.78 is 4.77. The van der Waals surface area contributed by atoms with Crippen LogP contribution in [0.15, 0.2) is 46.5 Å². The average molecular weight is 378 g/mol. The molecule has 8 heteroatoms. The van der Waals surface area contributed by atoms with Crippen molar-refractivity contribution in [1.29, 1.82) is 0 Å². The second-order valence-electron chi connectivity index (χ2n) is 5.68. The second kappa shape index (κ2) is 7.53. The number of benzene rings is 1. The number of methoxy groups -OCH3 is 1. The average Bonchev–Trinajstić information content (AvgIpc) is 2.64. The third kappa shape index (κ3) is 3.55. The van der Waals surface area contributed by atoms with Crippen molar-refractivity contribution in [2.24, 2.45) is 0 Å². The zero-order chi connectivity index (χ0) is 18.0. The molecule has 2 heterocycles. The Bertz CT molecular complexity index is 735. The van der Waals surface area contributed by atoms with Gasteiger partial charge in [0.15, 0.2) is 0 Å². The second-order valence-corrected chi connectivity index (χ2v) is 7.83. The van der Waals surface area contributed by atoms with E-state index in [0.717, 1.165) is 10.5 Å². The van der Waals surface area contributed by atoms with Crippen LogP contribution in [0.3, 0.4) is 0 Å². The fraction of sp³-hybridized carbons (Fsp3) is 0.353.